The molecule has 0 aliphatic carbocycles. The van der Waals surface area contributed by atoms with Gasteiger partial charge in [0.25, 0.3) is 0 Å². The van der Waals surface area contributed by atoms with Gasteiger partial charge in [0.15, 0.2) is 9.84 Å². The summed E-state index contributed by atoms with van der Waals surface area (Å²) in [5.74, 6) is 0.211. The highest BCUT2D eigenvalue weighted by Gasteiger charge is 2.32. The molecule has 0 aliphatic heterocycles. The van der Waals surface area contributed by atoms with Gasteiger partial charge < -0.3 is 4.74 Å². The third-order valence-corrected chi connectivity index (χ3v) is 9.83. The maximum absolute atomic E-state index is 13.2. The largest absolute Gasteiger partial charge is 0.495 e. The SMILES string of the molecule is COc1cc(C)c(C)cc1S(=O)(=O)NC[C@@H](c1ccccc1)S(=O)(=O)c1cccs1. The summed E-state index contributed by atoms with van der Waals surface area (Å²) in [5, 5.41) is 0.614. The maximum Gasteiger partial charge on any atom is 0.244 e. The molecule has 0 radical (unpaired) electrons. The van der Waals surface area contributed by atoms with Crippen LogP contribution in [0, 0.1) is 13.8 Å². The van der Waals surface area contributed by atoms with Gasteiger partial charge in [-0.25, -0.2) is 21.6 Å². The van der Waals surface area contributed by atoms with Crippen LogP contribution in [-0.2, 0) is 19.9 Å². The van der Waals surface area contributed by atoms with E-state index in [0.29, 0.717) is 5.56 Å². The van der Waals surface area contributed by atoms with Crippen molar-refractivity contribution in [3.05, 3.63) is 76.7 Å². The highest BCUT2D eigenvalue weighted by Crippen LogP contribution is 2.32. The summed E-state index contributed by atoms with van der Waals surface area (Å²) in [5.41, 5.74) is 2.20. The van der Waals surface area contributed by atoms with E-state index in [2.05, 4.69) is 4.72 Å². The number of hydrogen-bond donors (Lipinski definition) is 1. The average Bonchev–Trinajstić information content (AvgIpc) is 3.26. The fourth-order valence-electron chi connectivity index (χ4n) is 3.04. The summed E-state index contributed by atoms with van der Waals surface area (Å²) in [6.07, 6.45) is 0. The molecule has 1 aromatic heterocycles. The Bertz CT molecular complexity index is 1220. The Balaban J connectivity index is 1.98. The zero-order valence-corrected chi connectivity index (χ0v) is 19.3. The average molecular weight is 466 g/mol. The predicted octanol–water partition coefficient (Wildman–Crippen LogP) is 3.87. The summed E-state index contributed by atoms with van der Waals surface area (Å²) in [6, 6.07) is 15.0. The lowest BCUT2D eigenvalue weighted by Gasteiger charge is -2.19. The molecule has 30 heavy (non-hydrogen) atoms. The fraction of sp³-hybridized carbons (Fsp3) is 0.238. The van der Waals surface area contributed by atoms with Crippen molar-refractivity contribution in [2.45, 2.75) is 28.2 Å². The van der Waals surface area contributed by atoms with Crippen molar-refractivity contribution in [1.82, 2.24) is 4.72 Å². The Kier molecular flexibility index (Phi) is 6.66. The molecular weight excluding hydrogens is 442 g/mol. The number of sulfonamides is 1. The molecule has 0 saturated heterocycles. The number of benzene rings is 2. The van der Waals surface area contributed by atoms with E-state index in [9.17, 15) is 16.8 Å². The molecule has 3 aromatic rings. The van der Waals surface area contributed by atoms with Gasteiger partial charge in [0.1, 0.15) is 20.1 Å². The van der Waals surface area contributed by atoms with E-state index >= 15 is 0 Å². The van der Waals surface area contributed by atoms with Gasteiger partial charge in [0.2, 0.25) is 10.0 Å². The van der Waals surface area contributed by atoms with Crippen LogP contribution in [0.3, 0.4) is 0 Å². The number of thiophene rings is 1. The van der Waals surface area contributed by atoms with Crippen molar-refractivity contribution in [2.24, 2.45) is 0 Å². The van der Waals surface area contributed by atoms with Crippen LogP contribution in [0.1, 0.15) is 21.9 Å². The predicted molar refractivity (Wildman–Crippen MR) is 118 cm³/mol. The molecule has 3 rings (SSSR count). The monoisotopic (exact) mass is 465 g/mol. The van der Waals surface area contributed by atoms with E-state index in [0.717, 1.165) is 22.5 Å². The lowest BCUT2D eigenvalue weighted by atomic mass is 10.1. The minimum atomic E-state index is -4.01. The Morgan fingerprint density at radius 1 is 0.967 bits per heavy atom. The molecule has 160 valence electrons. The Morgan fingerprint density at radius 3 is 2.23 bits per heavy atom. The molecule has 9 heteroatoms. The van der Waals surface area contributed by atoms with Crippen molar-refractivity contribution in [3.63, 3.8) is 0 Å². The van der Waals surface area contributed by atoms with E-state index in [4.69, 9.17) is 4.74 Å². The van der Waals surface area contributed by atoms with Gasteiger partial charge in [-0.2, -0.15) is 0 Å². The van der Waals surface area contributed by atoms with Crippen LogP contribution >= 0.6 is 11.3 Å². The molecule has 6 nitrogen and oxygen atoms in total. The quantitative estimate of drug-likeness (QED) is 0.546. The van der Waals surface area contributed by atoms with Crippen LogP contribution in [0.5, 0.6) is 5.75 Å². The number of rotatable bonds is 8. The van der Waals surface area contributed by atoms with Crippen LogP contribution < -0.4 is 9.46 Å². The third-order valence-electron chi connectivity index (χ3n) is 4.85. The summed E-state index contributed by atoms with van der Waals surface area (Å²) in [4.78, 5) is -0.0200. The Morgan fingerprint density at radius 2 is 1.63 bits per heavy atom. The van der Waals surface area contributed by atoms with Crippen molar-refractivity contribution >= 4 is 31.2 Å². The second kappa shape index (κ2) is 8.89. The highest BCUT2D eigenvalue weighted by atomic mass is 32.2. The van der Waals surface area contributed by atoms with Crippen LogP contribution in [0.2, 0.25) is 0 Å². The molecule has 0 saturated carbocycles. The van der Waals surface area contributed by atoms with E-state index in [1.165, 1.54) is 19.2 Å². The first-order valence-corrected chi connectivity index (χ1v) is 13.0. The van der Waals surface area contributed by atoms with Gasteiger partial charge in [0, 0.05) is 6.54 Å². The normalized spacial score (nSPS) is 13.2. The van der Waals surface area contributed by atoms with Crippen LogP contribution in [-0.4, -0.2) is 30.5 Å². The van der Waals surface area contributed by atoms with E-state index in [1.807, 2.05) is 13.8 Å². The topological polar surface area (TPSA) is 89.5 Å². The fourth-order valence-corrected chi connectivity index (χ4v) is 7.29. The minimum absolute atomic E-state index is 0.0200. The molecule has 0 amide bonds. The van der Waals surface area contributed by atoms with E-state index < -0.39 is 25.1 Å². The number of sulfone groups is 1. The zero-order valence-electron chi connectivity index (χ0n) is 16.8. The molecule has 0 bridgehead atoms. The Hall–Kier alpha value is -2.20. The standard InChI is InChI=1S/C21H23NO5S3/c1-15-12-18(27-3)19(13-16(15)2)30(25,26)22-14-20(17-8-5-4-6-9-17)29(23,24)21-10-7-11-28-21/h4-13,20,22H,14H2,1-3H3/t20-/m0/s1. The first kappa shape index (κ1) is 22.5. The first-order valence-electron chi connectivity index (χ1n) is 9.14. The summed E-state index contributed by atoms with van der Waals surface area (Å²) in [6.45, 7) is 3.37. The molecule has 2 aromatic carbocycles. The van der Waals surface area contributed by atoms with Crippen molar-refractivity contribution in [2.75, 3.05) is 13.7 Å². The number of methoxy groups -OCH3 is 1. The second-order valence-electron chi connectivity index (χ2n) is 6.82. The zero-order chi connectivity index (χ0) is 21.9. The lowest BCUT2D eigenvalue weighted by Crippen LogP contribution is -2.32. The molecule has 1 N–H and O–H groups in total. The molecule has 1 heterocycles. The van der Waals surface area contributed by atoms with Gasteiger partial charge >= 0.3 is 0 Å². The van der Waals surface area contributed by atoms with Gasteiger partial charge in [-0.3, -0.25) is 0 Å². The number of ether oxygens (including phenoxy) is 1. The first-order chi connectivity index (χ1) is 14.2. The summed E-state index contributed by atoms with van der Waals surface area (Å²) >= 11 is 1.11. The van der Waals surface area contributed by atoms with Crippen LogP contribution in [0.4, 0.5) is 0 Å². The van der Waals surface area contributed by atoms with Gasteiger partial charge in [-0.05, 0) is 54.1 Å². The molecule has 0 unspecified atom stereocenters. The van der Waals surface area contributed by atoms with E-state index in [-0.39, 0.29) is 21.4 Å². The van der Waals surface area contributed by atoms with Crippen LogP contribution in [0.15, 0.2) is 69.1 Å². The highest BCUT2D eigenvalue weighted by molar-refractivity contribution is 7.93. The van der Waals surface area contributed by atoms with Gasteiger partial charge in [-0.15, -0.1) is 11.3 Å². The second-order valence-corrected chi connectivity index (χ2v) is 11.9. The lowest BCUT2D eigenvalue weighted by molar-refractivity contribution is 0.402. The van der Waals surface area contributed by atoms with Crippen molar-refractivity contribution in [1.29, 1.82) is 0 Å². The van der Waals surface area contributed by atoms with Gasteiger partial charge in [0.05, 0.1) is 7.11 Å². The molecule has 1 atom stereocenters. The Labute approximate surface area is 181 Å². The maximum atomic E-state index is 13.2. The minimum Gasteiger partial charge on any atom is -0.495 e. The molecule has 0 fully saturated rings. The summed E-state index contributed by atoms with van der Waals surface area (Å²) in [7, 11) is -6.40. The summed E-state index contributed by atoms with van der Waals surface area (Å²) < 4.78 is 60.4. The van der Waals surface area contributed by atoms with Crippen LogP contribution in [0.25, 0.3) is 0 Å². The van der Waals surface area contributed by atoms with Crippen molar-refractivity contribution in [3.8, 4) is 5.75 Å². The number of aryl methyl sites for hydroxylation is 2. The van der Waals surface area contributed by atoms with E-state index in [1.54, 1.807) is 47.8 Å². The number of hydrogen-bond acceptors (Lipinski definition) is 6. The third kappa shape index (κ3) is 4.59. The molecule has 0 spiro atoms. The smallest absolute Gasteiger partial charge is 0.244 e. The van der Waals surface area contributed by atoms with Gasteiger partial charge in [-0.1, -0.05) is 36.4 Å². The van der Waals surface area contributed by atoms with Crippen molar-refractivity contribution < 1.29 is 21.6 Å². The molecular formula is C21H23NO5S3. The molecule has 0 aliphatic rings. The number of nitrogens with one attached hydrogen (secondary N) is 1.